The van der Waals surface area contributed by atoms with E-state index in [-0.39, 0.29) is 16.7 Å². The van der Waals surface area contributed by atoms with Crippen molar-refractivity contribution in [3.63, 3.8) is 0 Å². The third-order valence-electron chi connectivity index (χ3n) is 4.19. The van der Waals surface area contributed by atoms with E-state index in [1.807, 2.05) is 0 Å². The first-order valence-corrected chi connectivity index (χ1v) is 9.71. The van der Waals surface area contributed by atoms with Gasteiger partial charge in [0, 0.05) is 18.3 Å². The van der Waals surface area contributed by atoms with Gasteiger partial charge in [-0.15, -0.1) is 11.6 Å². The van der Waals surface area contributed by atoms with E-state index in [4.69, 9.17) is 16.0 Å². The number of halogens is 1. The van der Waals surface area contributed by atoms with E-state index < -0.39 is 28.2 Å². The fourth-order valence-electron chi connectivity index (χ4n) is 2.79. The monoisotopic (exact) mass is 433 g/mol. The van der Waals surface area contributed by atoms with Crippen LogP contribution in [-0.4, -0.2) is 42.8 Å². The summed E-state index contributed by atoms with van der Waals surface area (Å²) >= 11 is 7.14. The van der Waals surface area contributed by atoms with E-state index in [9.17, 15) is 19.7 Å². The number of benzene rings is 1. The average Bonchev–Trinajstić information content (AvgIpc) is 3.15. The Morgan fingerprint density at radius 1 is 1.34 bits per heavy atom. The van der Waals surface area contributed by atoms with Crippen LogP contribution in [0.1, 0.15) is 11.6 Å². The third kappa shape index (κ3) is 3.74. The van der Waals surface area contributed by atoms with Crippen molar-refractivity contribution in [1.82, 2.24) is 20.4 Å². The number of carbonyl (C=O) groups is 2. The summed E-state index contributed by atoms with van der Waals surface area (Å²) < 4.78 is 5.48. The number of hydrogen-bond acceptors (Lipinski definition) is 8. The lowest BCUT2D eigenvalue weighted by atomic mass is 9.95. The summed E-state index contributed by atoms with van der Waals surface area (Å²) in [6, 6.07) is 8.46. The molecule has 4 rings (SSSR count). The number of β-lactam (4-membered cyclic amide) rings is 1. The topological polar surface area (TPSA) is 131 Å². The minimum absolute atomic E-state index is 0.0451. The van der Waals surface area contributed by atoms with Crippen LogP contribution >= 0.6 is 23.4 Å². The minimum Gasteiger partial charge on any atom is -0.430 e. The molecule has 1 saturated heterocycles. The number of aromatic nitrogens is 2. The Bertz CT molecular complexity index is 1070. The summed E-state index contributed by atoms with van der Waals surface area (Å²) in [6.07, 6.45) is 1.59. The molecule has 3 aromatic rings. The number of hydrazine groups is 1. The van der Waals surface area contributed by atoms with Crippen molar-refractivity contribution in [2.75, 3.05) is 5.75 Å². The van der Waals surface area contributed by atoms with Crippen LogP contribution in [0.25, 0.3) is 11.2 Å². The molecule has 1 fully saturated rings. The number of non-ortho nitro benzene ring substituents is 1. The zero-order valence-corrected chi connectivity index (χ0v) is 16.1. The largest absolute Gasteiger partial charge is 0.430 e. The van der Waals surface area contributed by atoms with Crippen molar-refractivity contribution in [2.45, 2.75) is 16.6 Å². The molecule has 0 spiro atoms. The number of alkyl halides is 1. The first-order chi connectivity index (χ1) is 13.9. The van der Waals surface area contributed by atoms with Crippen LogP contribution in [0.3, 0.4) is 0 Å². The SMILES string of the molecule is O=C(CSc1nc2ncccc2o1)NN1C(=O)C(Cl)C1c1ccc([N+](=O)[O-])cc1. The molecule has 1 aromatic carbocycles. The smallest absolute Gasteiger partial charge is 0.269 e. The summed E-state index contributed by atoms with van der Waals surface area (Å²) in [7, 11) is 0. The van der Waals surface area contributed by atoms with Gasteiger partial charge < -0.3 is 4.42 Å². The highest BCUT2D eigenvalue weighted by Gasteiger charge is 2.48. The maximum absolute atomic E-state index is 12.3. The van der Waals surface area contributed by atoms with Crippen molar-refractivity contribution in [1.29, 1.82) is 0 Å². The molecule has 0 aliphatic carbocycles. The fourth-order valence-corrected chi connectivity index (χ4v) is 3.78. The van der Waals surface area contributed by atoms with Crippen LogP contribution in [-0.2, 0) is 9.59 Å². The lowest BCUT2D eigenvalue weighted by Crippen LogP contribution is -2.63. The second-order valence-electron chi connectivity index (χ2n) is 6.03. The molecule has 0 radical (unpaired) electrons. The molecule has 2 amide bonds. The number of nitro benzene ring substituents is 1. The molecule has 148 valence electrons. The van der Waals surface area contributed by atoms with Crippen LogP contribution in [0.5, 0.6) is 0 Å². The Labute approximate surface area is 172 Å². The molecular formula is C17H12ClN5O5S. The van der Waals surface area contributed by atoms with Crippen LogP contribution in [0.2, 0.25) is 0 Å². The molecule has 10 nitrogen and oxygen atoms in total. The maximum atomic E-state index is 12.3. The Kier molecular flexibility index (Phi) is 5.07. The van der Waals surface area contributed by atoms with Gasteiger partial charge in [0.25, 0.3) is 16.8 Å². The molecule has 29 heavy (non-hydrogen) atoms. The Morgan fingerprint density at radius 2 is 2.10 bits per heavy atom. The van der Waals surface area contributed by atoms with Gasteiger partial charge in [0.05, 0.1) is 10.7 Å². The molecule has 0 bridgehead atoms. The van der Waals surface area contributed by atoms with E-state index in [1.165, 1.54) is 24.3 Å². The second kappa shape index (κ2) is 7.68. The van der Waals surface area contributed by atoms with Crippen molar-refractivity contribution < 1.29 is 18.9 Å². The van der Waals surface area contributed by atoms with Gasteiger partial charge >= 0.3 is 0 Å². The van der Waals surface area contributed by atoms with Crippen molar-refractivity contribution in [3.8, 4) is 0 Å². The molecule has 1 N–H and O–H groups in total. The van der Waals surface area contributed by atoms with Crippen molar-refractivity contribution in [3.05, 3.63) is 58.3 Å². The van der Waals surface area contributed by atoms with Gasteiger partial charge in [0.2, 0.25) is 5.91 Å². The van der Waals surface area contributed by atoms with Gasteiger partial charge in [0.1, 0.15) is 11.4 Å². The molecule has 2 aromatic heterocycles. The standard InChI is InChI=1S/C17H12ClN5O5S/c18-13-14(9-3-5-10(6-4-9)23(26)27)22(16(13)25)21-12(24)8-29-17-20-15-11(28-17)2-1-7-19-15/h1-7,13-14H,8H2,(H,21,24). The van der Waals surface area contributed by atoms with Gasteiger partial charge in [-0.25, -0.2) is 9.99 Å². The average molecular weight is 434 g/mol. The van der Waals surface area contributed by atoms with Crippen LogP contribution in [0.4, 0.5) is 5.69 Å². The lowest BCUT2D eigenvalue weighted by Gasteiger charge is -2.43. The molecule has 12 heteroatoms. The van der Waals surface area contributed by atoms with Crippen molar-refractivity contribution >= 4 is 52.1 Å². The van der Waals surface area contributed by atoms with E-state index in [0.29, 0.717) is 16.8 Å². The third-order valence-corrected chi connectivity index (χ3v) is 5.44. The number of oxazole rings is 1. The van der Waals surface area contributed by atoms with Crippen molar-refractivity contribution in [2.24, 2.45) is 0 Å². The molecule has 3 heterocycles. The molecule has 2 unspecified atom stereocenters. The Hall–Kier alpha value is -3.18. The lowest BCUT2D eigenvalue weighted by molar-refractivity contribution is -0.384. The van der Waals surface area contributed by atoms with Gasteiger partial charge in [-0.2, -0.15) is 4.98 Å². The number of rotatable bonds is 6. The van der Waals surface area contributed by atoms with Crippen LogP contribution in [0.15, 0.2) is 52.2 Å². The number of nitrogens with one attached hydrogen (secondary N) is 1. The van der Waals surface area contributed by atoms with Gasteiger partial charge in [0.15, 0.2) is 11.2 Å². The Balaban J connectivity index is 1.39. The number of thioether (sulfide) groups is 1. The van der Waals surface area contributed by atoms with E-state index in [1.54, 1.807) is 18.3 Å². The first-order valence-electron chi connectivity index (χ1n) is 8.29. The summed E-state index contributed by atoms with van der Waals surface area (Å²) in [5, 5.41) is 11.3. The summed E-state index contributed by atoms with van der Waals surface area (Å²) in [5.74, 6) is -0.954. The quantitative estimate of drug-likeness (QED) is 0.206. The van der Waals surface area contributed by atoms with Crippen LogP contribution in [0, 0.1) is 10.1 Å². The molecule has 0 saturated carbocycles. The number of nitro groups is 1. The zero-order valence-electron chi connectivity index (χ0n) is 14.5. The first kappa shape index (κ1) is 19.2. The number of amides is 2. The Morgan fingerprint density at radius 3 is 2.79 bits per heavy atom. The molecule has 1 aliphatic heterocycles. The number of hydrogen-bond donors (Lipinski definition) is 1. The highest BCUT2D eigenvalue weighted by Crippen LogP contribution is 2.37. The number of carbonyl (C=O) groups excluding carboxylic acids is 2. The van der Waals surface area contributed by atoms with E-state index in [2.05, 4.69) is 15.4 Å². The number of pyridine rings is 1. The predicted octanol–water partition coefficient (Wildman–Crippen LogP) is 2.45. The van der Waals surface area contributed by atoms with Gasteiger partial charge in [-0.3, -0.25) is 25.1 Å². The highest BCUT2D eigenvalue weighted by molar-refractivity contribution is 7.99. The van der Waals surface area contributed by atoms with Gasteiger partial charge in [-0.05, 0) is 29.8 Å². The van der Waals surface area contributed by atoms with E-state index >= 15 is 0 Å². The number of fused-ring (bicyclic) bond motifs is 1. The summed E-state index contributed by atoms with van der Waals surface area (Å²) in [5.41, 5.74) is 3.96. The molecule has 2 atom stereocenters. The summed E-state index contributed by atoms with van der Waals surface area (Å²) in [4.78, 5) is 42.8. The van der Waals surface area contributed by atoms with Gasteiger partial charge in [-0.1, -0.05) is 11.8 Å². The zero-order chi connectivity index (χ0) is 20.5. The maximum Gasteiger partial charge on any atom is 0.269 e. The minimum atomic E-state index is -0.868. The molecular weight excluding hydrogens is 422 g/mol. The highest BCUT2D eigenvalue weighted by atomic mass is 35.5. The number of nitrogens with zero attached hydrogens (tertiary/aromatic N) is 4. The normalized spacial score (nSPS) is 18.5. The predicted molar refractivity (Wildman–Crippen MR) is 103 cm³/mol. The van der Waals surface area contributed by atoms with E-state index in [0.717, 1.165) is 16.8 Å². The molecule has 1 aliphatic rings. The van der Waals surface area contributed by atoms with Crippen LogP contribution < -0.4 is 5.43 Å². The summed E-state index contributed by atoms with van der Waals surface area (Å²) in [6.45, 7) is 0. The second-order valence-corrected chi connectivity index (χ2v) is 7.43. The fraction of sp³-hybridized carbons (Fsp3) is 0.176.